The van der Waals surface area contributed by atoms with E-state index in [1.807, 2.05) is 60.4 Å². The van der Waals surface area contributed by atoms with Gasteiger partial charge in [-0.05, 0) is 36.4 Å². The van der Waals surface area contributed by atoms with Gasteiger partial charge >= 0.3 is 0 Å². The molecule has 3 aromatic rings. The molecule has 0 unspecified atom stereocenters. The van der Waals surface area contributed by atoms with Crippen molar-refractivity contribution in [3.63, 3.8) is 0 Å². The maximum absolute atomic E-state index is 12.7. The zero-order valence-corrected chi connectivity index (χ0v) is 18.4. The van der Waals surface area contributed by atoms with E-state index in [0.29, 0.717) is 23.7 Å². The van der Waals surface area contributed by atoms with Gasteiger partial charge < -0.3 is 4.90 Å². The molecule has 1 atom stereocenters. The van der Waals surface area contributed by atoms with Gasteiger partial charge in [0.15, 0.2) is 0 Å². The number of carbonyl (C=O) groups is 2. The zero-order valence-electron chi connectivity index (χ0n) is 16.8. The summed E-state index contributed by atoms with van der Waals surface area (Å²) in [6, 6.07) is 15.4. The van der Waals surface area contributed by atoms with E-state index in [1.54, 1.807) is 11.8 Å². The van der Waals surface area contributed by atoms with Crippen LogP contribution in [0.1, 0.15) is 40.2 Å². The molecule has 0 spiro atoms. The minimum atomic E-state index is -0.196. The van der Waals surface area contributed by atoms with Crippen molar-refractivity contribution in [3.8, 4) is 0 Å². The number of benzene rings is 2. The molecule has 6 nitrogen and oxygen atoms in total. The summed E-state index contributed by atoms with van der Waals surface area (Å²) in [4.78, 5) is 28.1. The highest BCUT2D eigenvalue weighted by Gasteiger charge is 2.34. The molecule has 8 heteroatoms. The second-order valence-electron chi connectivity index (χ2n) is 7.02. The summed E-state index contributed by atoms with van der Waals surface area (Å²) in [5.41, 5.74) is 2.64. The zero-order chi connectivity index (χ0) is 21.1. The lowest BCUT2D eigenvalue weighted by Crippen LogP contribution is -2.25. The van der Waals surface area contributed by atoms with Crippen LogP contribution < -0.4 is 10.2 Å². The molecule has 1 N–H and O–H groups in total. The minimum Gasteiger partial charge on any atom is -0.311 e. The van der Waals surface area contributed by atoms with Gasteiger partial charge in [-0.25, -0.2) is 0 Å². The normalized spacial score (nSPS) is 16.1. The predicted octanol–water partition coefficient (Wildman–Crippen LogP) is 4.73. The van der Waals surface area contributed by atoms with Crippen LogP contribution in [0.5, 0.6) is 0 Å². The van der Waals surface area contributed by atoms with Gasteiger partial charge in [0.1, 0.15) is 5.01 Å². The Kier molecular flexibility index (Phi) is 6.15. The van der Waals surface area contributed by atoms with Crippen LogP contribution in [0, 0.1) is 6.92 Å². The lowest BCUT2D eigenvalue weighted by Gasteiger charge is -2.18. The predicted molar refractivity (Wildman–Crippen MR) is 122 cm³/mol. The minimum absolute atomic E-state index is 0.0248. The maximum Gasteiger partial charge on any atom is 0.258 e. The topological polar surface area (TPSA) is 75.2 Å². The van der Waals surface area contributed by atoms with Crippen LogP contribution in [0.4, 0.5) is 10.8 Å². The van der Waals surface area contributed by atoms with Gasteiger partial charge in [0, 0.05) is 29.5 Å². The fourth-order valence-corrected chi connectivity index (χ4v) is 5.15. The van der Waals surface area contributed by atoms with Crippen LogP contribution in [-0.2, 0) is 4.79 Å². The van der Waals surface area contributed by atoms with Gasteiger partial charge in [-0.3, -0.25) is 14.9 Å². The number of carbonyl (C=O) groups excluding carboxylic acids is 2. The Bertz CT molecular complexity index is 1080. The molecule has 2 heterocycles. The third kappa shape index (κ3) is 4.24. The Hall–Kier alpha value is -2.71. The number of hydrogen-bond acceptors (Lipinski definition) is 6. The van der Waals surface area contributed by atoms with Gasteiger partial charge in [-0.2, -0.15) is 0 Å². The Labute approximate surface area is 183 Å². The van der Waals surface area contributed by atoms with Crippen LogP contribution >= 0.6 is 23.1 Å². The van der Waals surface area contributed by atoms with Gasteiger partial charge in [0.05, 0.1) is 5.56 Å². The maximum atomic E-state index is 12.7. The quantitative estimate of drug-likeness (QED) is 0.563. The number of amides is 2. The average molecular weight is 439 g/mol. The van der Waals surface area contributed by atoms with Crippen molar-refractivity contribution in [1.82, 2.24) is 10.2 Å². The lowest BCUT2D eigenvalue weighted by molar-refractivity contribution is -0.117. The summed E-state index contributed by atoms with van der Waals surface area (Å²) in [5.74, 6) is 0.752. The summed E-state index contributed by atoms with van der Waals surface area (Å²) in [6.45, 7) is 4.63. The Balaban J connectivity index is 1.47. The second kappa shape index (κ2) is 8.97. The van der Waals surface area contributed by atoms with E-state index >= 15 is 0 Å². The van der Waals surface area contributed by atoms with Crippen LogP contribution in [0.3, 0.4) is 0 Å². The Morgan fingerprint density at radius 1 is 1.20 bits per heavy atom. The monoisotopic (exact) mass is 438 g/mol. The molecule has 1 aliphatic rings. The average Bonchev–Trinajstić information content (AvgIpc) is 3.35. The molecular formula is C22H22N4O2S2. The summed E-state index contributed by atoms with van der Waals surface area (Å²) < 4.78 is 0. The van der Waals surface area contributed by atoms with Crippen molar-refractivity contribution in [1.29, 1.82) is 0 Å². The first-order chi connectivity index (χ1) is 14.6. The SMILES string of the molecule is CCSc1ccccc1C(=O)Nc1nnc([C@H]2CC(=O)N(c3ccccc3C)C2)s1. The third-order valence-corrected chi connectivity index (χ3v) is 6.93. The highest BCUT2D eigenvalue weighted by molar-refractivity contribution is 7.99. The molecule has 0 radical (unpaired) electrons. The first-order valence-corrected chi connectivity index (χ1v) is 11.6. The van der Waals surface area contributed by atoms with E-state index in [0.717, 1.165) is 26.9 Å². The fraction of sp³-hybridized carbons (Fsp3) is 0.273. The van der Waals surface area contributed by atoms with Gasteiger partial charge in [-0.15, -0.1) is 22.0 Å². The van der Waals surface area contributed by atoms with Crippen molar-refractivity contribution in [2.45, 2.75) is 31.1 Å². The smallest absolute Gasteiger partial charge is 0.258 e. The van der Waals surface area contributed by atoms with Crippen molar-refractivity contribution in [3.05, 3.63) is 64.7 Å². The molecule has 0 aliphatic carbocycles. The fourth-order valence-electron chi connectivity index (χ4n) is 3.52. The molecule has 2 amide bonds. The van der Waals surface area contributed by atoms with E-state index in [2.05, 4.69) is 22.4 Å². The molecule has 30 heavy (non-hydrogen) atoms. The number of hydrogen-bond donors (Lipinski definition) is 1. The number of aromatic nitrogens is 2. The highest BCUT2D eigenvalue weighted by atomic mass is 32.2. The van der Waals surface area contributed by atoms with Crippen molar-refractivity contribution in [2.24, 2.45) is 0 Å². The third-order valence-electron chi connectivity index (χ3n) is 4.97. The Morgan fingerprint density at radius 2 is 1.97 bits per heavy atom. The molecular weight excluding hydrogens is 416 g/mol. The molecule has 154 valence electrons. The van der Waals surface area contributed by atoms with Crippen LogP contribution in [-0.4, -0.2) is 34.3 Å². The second-order valence-corrected chi connectivity index (χ2v) is 9.34. The van der Waals surface area contributed by atoms with E-state index in [4.69, 9.17) is 0 Å². The number of nitrogens with zero attached hydrogens (tertiary/aromatic N) is 3. The summed E-state index contributed by atoms with van der Waals surface area (Å²) in [5, 5.41) is 12.5. The summed E-state index contributed by atoms with van der Waals surface area (Å²) in [7, 11) is 0. The number of thioether (sulfide) groups is 1. The largest absolute Gasteiger partial charge is 0.311 e. The molecule has 1 saturated heterocycles. The van der Waals surface area contributed by atoms with Gasteiger partial charge in [0.25, 0.3) is 5.91 Å². The van der Waals surface area contributed by atoms with Crippen LogP contribution in [0.2, 0.25) is 0 Å². The molecule has 0 bridgehead atoms. The summed E-state index contributed by atoms with van der Waals surface area (Å²) >= 11 is 2.97. The number of nitrogens with one attached hydrogen (secondary N) is 1. The van der Waals surface area contributed by atoms with E-state index in [1.165, 1.54) is 11.3 Å². The van der Waals surface area contributed by atoms with E-state index < -0.39 is 0 Å². The van der Waals surface area contributed by atoms with Gasteiger partial charge in [-0.1, -0.05) is 48.6 Å². The first kappa shape index (κ1) is 20.6. The van der Waals surface area contributed by atoms with E-state index in [9.17, 15) is 9.59 Å². The van der Waals surface area contributed by atoms with E-state index in [-0.39, 0.29) is 17.7 Å². The van der Waals surface area contributed by atoms with Gasteiger partial charge in [0.2, 0.25) is 11.0 Å². The molecule has 4 rings (SSSR count). The van der Waals surface area contributed by atoms with Crippen LogP contribution in [0.25, 0.3) is 0 Å². The molecule has 0 saturated carbocycles. The van der Waals surface area contributed by atoms with Crippen molar-refractivity contribution >= 4 is 45.7 Å². The number of para-hydroxylation sites is 1. The standard InChI is InChI=1S/C22H22N4O2S2/c1-3-29-18-11-7-5-9-16(18)20(28)23-22-25-24-21(30-22)15-12-19(27)26(13-15)17-10-6-4-8-14(17)2/h4-11,15H,3,12-13H2,1-2H3,(H,23,25,28)/t15-/m0/s1. The van der Waals surface area contributed by atoms with Crippen molar-refractivity contribution < 1.29 is 9.59 Å². The Morgan fingerprint density at radius 3 is 2.77 bits per heavy atom. The number of aryl methyl sites for hydroxylation is 1. The van der Waals surface area contributed by atoms with Crippen molar-refractivity contribution in [2.75, 3.05) is 22.5 Å². The molecule has 2 aromatic carbocycles. The first-order valence-electron chi connectivity index (χ1n) is 9.79. The van der Waals surface area contributed by atoms with Crippen LogP contribution in [0.15, 0.2) is 53.4 Å². The molecule has 1 fully saturated rings. The molecule has 1 aliphatic heterocycles. The number of rotatable bonds is 6. The summed E-state index contributed by atoms with van der Waals surface area (Å²) in [6.07, 6.45) is 0.396. The molecule has 1 aromatic heterocycles. The number of anilines is 2. The lowest BCUT2D eigenvalue weighted by atomic mass is 10.1. The highest BCUT2D eigenvalue weighted by Crippen LogP contribution is 2.35.